The lowest BCUT2D eigenvalue weighted by atomic mass is 10.3. The molecule has 1 aliphatic rings. The van der Waals surface area contributed by atoms with Gasteiger partial charge in [-0.05, 0) is 43.2 Å². The maximum absolute atomic E-state index is 12.8. The van der Waals surface area contributed by atoms with Gasteiger partial charge in [-0.25, -0.2) is 9.07 Å². The van der Waals surface area contributed by atoms with Gasteiger partial charge in [0.1, 0.15) is 10.5 Å². The van der Waals surface area contributed by atoms with Crippen LogP contribution in [0.2, 0.25) is 0 Å². The highest BCUT2D eigenvalue weighted by atomic mass is 32.1. The molecule has 0 unspecified atom stereocenters. The van der Waals surface area contributed by atoms with E-state index in [1.54, 1.807) is 12.1 Å². The van der Waals surface area contributed by atoms with Crippen LogP contribution in [-0.2, 0) is 0 Å². The van der Waals surface area contributed by atoms with E-state index in [-0.39, 0.29) is 5.82 Å². The van der Waals surface area contributed by atoms with Gasteiger partial charge in [-0.1, -0.05) is 12.2 Å². The molecule has 16 heavy (non-hydrogen) atoms. The lowest BCUT2D eigenvalue weighted by Crippen LogP contribution is -1.97. The van der Waals surface area contributed by atoms with Crippen molar-refractivity contribution in [3.05, 3.63) is 46.5 Å². The summed E-state index contributed by atoms with van der Waals surface area (Å²) in [6, 6.07) is 8.32. The molecule has 2 nitrogen and oxygen atoms in total. The molecule has 2 aromatic rings. The minimum absolute atomic E-state index is 0.232. The van der Waals surface area contributed by atoms with E-state index >= 15 is 0 Å². The Kier molecular flexibility index (Phi) is 2.17. The van der Waals surface area contributed by atoms with Crippen molar-refractivity contribution in [2.45, 2.75) is 18.8 Å². The quantitative estimate of drug-likeness (QED) is 0.788. The predicted molar refractivity (Wildman–Crippen MR) is 62.9 cm³/mol. The van der Waals surface area contributed by atoms with Crippen molar-refractivity contribution in [2.24, 2.45) is 0 Å². The van der Waals surface area contributed by atoms with Gasteiger partial charge >= 0.3 is 0 Å². The van der Waals surface area contributed by atoms with Gasteiger partial charge in [0.25, 0.3) is 0 Å². The van der Waals surface area contributed by atoms with Gasteiger partial charge in [-0.15, -0.1) is 0 Å². The smallest absolute Gasteiger partial charge is 0.127 e. The molecule has 0 radical (unpaired) electrons. The first-order chi connectivity index (χ1) is 7.74. The second-order valence-electron chi connectivity index (χ2n) is 4.14. The second kappa shape index (κ2) is 3.56. The van der Waals surface area contributed by atoms with Crippen LogP contribution in [0.25, 0.3) is 5.69 Å². The summed E-state index contributed by atoms with van der Waals surface area (Å²) in [6.07, 6.45) is 2.47. The molecule has 1 N–H and O–H groups in total. The van der Waals surface area contributed by atoms with Crippen LogP contribution in [-0.4, -0.2) is 9.78 Å². The molecule has 3 rings (SSSR count). The normalized spacial score (nSPS) is 15.3. The zero-order valence-electron chi connectivity index (χ0n) is 8.61. The third kappa shape index (κ3) is 1.69. The van der Waals surface area contributed by atoms with Crippen molar-refractivity contribution >= 4 is 12.2 Å². The molecule has 0 atom stereocenters. The molecule has 0 saturated heterocycles. The average Bonchev–Trinajstić information content (AvgIpc) is 3.04. The van der Waals surface area contributed by atoms with Gasteiger partial charge in [-0.3, -0.25) is 5.10 Å². The zero-order chi connectivity index (χ0) is 11.1. The summed E-state index contributed by atoms with van der Waals surface area (Å²) >= 11 is 5.27. The molecular weight excluding hydrogens is 223 g/mol. The SMILES string of the molecule is Fc1ccc(-n2[nH]c(C3CC3)cc2=S)cc1. The number of rotatable bonds is 2. The molecule has 0 amide bonds. The molecule has 0 bridgehead atoms. The number of aromatic nitrogens is 2. The summed E-state index contributed by atoms with van der Waals surface area (Å²) in [4.78, 5) is 0. The molecule has 1 fully saturated rings. The first-order valence-corrected chi connectivity index (χ1v) is 5.73. The highest BCUT2D eigenvalue weighted by Crippen LogP contribution is 2.39. The van der Waals surface area contributed by atoms with Crippen molar-refractivity contribution in [1.82, 2.24) is 9.78 Å². The van der Waals surface area contributed by atoms with Crippen LogP contribution >= 0.6 is 12.2 Å². The topological polar surface area (TPSA) is 20.7 Å². The molecule has 0 aliphatic heterocycles. The van der Waals surface area contributed by atoms with E-state index in [1.165, 1.54) is 30.7 Å². The fraction of sp³-hybridized carbons (Fsp3) is 0.250. The number of benzene rings is 1. The average molecular weight is 234 g/mol. The van der Waals surface area contributed by atoms with Gasteiger partial charge < -0.3 is 0 Å². The van der Waals surface area contributed by atoms with E-state index in [9.17, 15) is 4.39 Å². The molecule has 1 aromatic carbocycles. The van der Waals surface area contributed by atoms with Crippen LogP contribution in [0.5, 0.6) is 0 Å². The summed E-state index contributed by atoms with van der Waals surface area (Å²) in [5.41, 5.74) is 2.06. The minimum atomic E-state index is -0.232. The van der Waals surface area contributed by atoms with Crippen LogP contribution in [0.15, 0.2) is 30.3 Å². The van der Waals surface area contributed by atoms with Crippen molar-refractivity contribution in [1.29, 1.82) is 0 Å². The summed E-state index contributed by atoms with van der Waals surface area (Å²) in [6.45, 7) is 0. The van der Waals surface area contributed by atoms with Crippen molar-refractivity contribution in [2.75, 3.05) is 0 Å². The Balaban J connectivity index is 2.05. The largest absolute Gasteiger partial charge is 0.297 e. The van der Waals surface area contributed by atoms with Gasteiger partial charge in [0.15, 0.2) is 0 Å². The Morgan fingerprint density at radius 1 is 1.25 bits per heavy atom. The summed E-state index contributed by atoms with van der Waals surface area (Å²) in [5, 5.41) is 3.27. The monoisotopic (exact) mass is 234 g/mol. The van der Waals surface area contributed by atoms with Crippen LogP contribution in [0.4, 0.5) is 4.39 Å². The fourth-order valence-electron chi connectivity index (χ4n) is 1.80. The molecule has 0 spiro atoms. The number of nitrogens with zero attached hydrogens (tertiary/aromatic N) is 1. The van der Waals surface area contributed by atoms with Gasteiger partial charge in [0, 0.05) is 11.6 Å². The molecule has 1 saturated carbocycles. The maximum atomic E-state index is 12.8. The lowest BCUT2D eigenvalue weighted by molar-refractivity contribution is 0.627. The maximum Gasteiger partial charge on any atom is 0.127 e. The highest BCUT2D eigenvalue weighted by Gasteiger charge is 2.25. The number of H-pyrrole nitrogens is 1. The number of nitrogens with one attached hydrogen (secondary N) is 1. The Labute approximate surface area is 97.7 Å². The number of hydrogen-bond donors (Lipinski definition) is 1. The van der Waals surface area contributed by atoms with Crippen LogP contribution in [0.3, 0.4) is 0 Å². The molecule has 1 aliphatic carbocycles. The Morgan fingerprint density at radius 2 is 1.94 bits per heavy atom. The summed E-state index contributed by atoms with van der Waals surface area (Å²) < 4.78 is 15.4. The molecule has 1 aromatic heterocycles. The standard InChI is InChI=1S/C12H11FN2S/c13-9-3-5-10(6-4-9)15-12(16)7-11(14-15)8-1-2-8/h3-8,14H,1-2H2. The van der Waals surface area contributed by atoms with E-state index in [4.69, 9.17) is 12.2 Å². The van der Waals surface area contributed by atoms with E-state index in [2.05, 4.69) is 5.10 Å². The van der Waals surface area contributed by atoms with Gasteiger partial charge in [0.2, 0.25) is 0 Å². The molecule has 1 heterocycles. The molecule has 82 valence electrons. The fourth-order valence-corrected chi connectivity index (χ4v) is 2.08. The third-order valence-electron chi connectivity index (χ3n) is 2.84. The van der Waals surface area contributed by atoms with Gasteiger partial charge in [-0.2, -0.15) is 0 Å². The van der Waals surface area contributed by atoms with E-state index in [0.717, 1.165) is 10.3 Å². The van der Waals surface area contributed by atoms with Crippen molar-refractivity contribution in [3.63, 3.8) is 0 Å². The molecular formula is C12H11FN2S. The predicted octanol–water partition coefficient (Wildman–Crippen LogP) is 3.55. The Morgan fingerprint density at radius 3 is 2.56 bits per heavy atom. The number of aromatic amines is 1. The summed E-state index contributed by atoms with van der Waals surface area (Å²) in [5.74, 6) is 0.410. The van der Waals surface area contributed by atoms with E-state index in [1.807, 2.05) is 10.7 Å². The Hall–Kier alpha value is -1.42. The van der Waals surface area contributed by atoms with E-state index in [0.29, 0.717) is 5.92 Å². The van der Waals surface area contributed by atoms with Crippen molar-refractivity contribution < 1.29 is 4.39 Å². The number of hydrogen-bond acceptors (Lipinski definition) is 1. The van der Waals surface area contributed by atoms with Crippen LogP contribution in [0.1, 0.15) is 24.5 Å². The lowest BCUT2D eigenvalue weighted by Gasteiger charge is -2.02. The summed E-state index contributed by atoms with van der Waals surface area (Å²) in [7, 11) is 0. The second-order valence-corrected chi connectivity index (χ2v) is 4.55. The number of halogens is 1. The van der Waals surface area contributed by atoms with Crippen LogP contribution < -0.4 is 0 Å². The van der Waals surface area contributed by atoms with Crippen LogP contribution in [0, 0.1) is 10.5 Å². The Bertz CT molecular complexity index is 563. The third-order valence-corrected chi connectivity index (χ3v) is 3.14. The first kappa shape index (κ1) is 9.78. The minimum Gasteiger partial charge on any atom is -0.297 e. The molecule has 4 heteroatoms. The zero-order valence-corrected chi connectivity index (χ0v) is 9.43. The van der Waals surface area contributed by atoms with E-state index < -0.39 is 0 Å². The van der Waals surface area contributed by atoms with Gasteiger partial charge in [0.05, 0.1) is 5.69 Å². The highest BCUT2D eigenvalue weighted by molar-refractivity contribution is 7.71. The first-order valence-electron chi connectivity index (χ1n) is 5.32. The van der Waals surface area contributed by atoms with Crippen molar-refractivity contribution in [3.8, 4) is 5.69 Å².